The number of halogens is 4. The second kappa shape index (κ2) is 9.62. The van der Waals surface area contributed by atoms with Crippen molar-refractivity contribution in [3.8, 4) is 0 Å². The Morgan fingerprint density at radius 3 is 2.50 bits per heavy atom. The number of aliphatic carboxylic acids is 1. The summed E-state index contributed by atoms with van der Waals surface area (Å²) in [7, 11) is 0. The average Bonchev–Trinajstić information content (AvgIpc) is 3.02. The van der Waals surface area contributed by atoms with E-state index in [1.807, 2.05) is 0 Å². The van der Waals surface area contributed by atoms with Crippen LogP contribution in [0.15, 0.2) is 59.2 Å². The van der Waals surface area contributed by atoms with Gasteiger partial charge in [-0.2, -0.15) is 0 Å². The number of amides is 1. The summed E-state index contributed by atoms with van der Waals surface area (Å²) in [5.41, 5.74) is -0.768. The Balaban J connectivity index is 1.95. The third kappa shape index (κ3) is 4.43. The monoisotopic (exact) mass is 566 g/mol. The minimum Gasteiger partial charge on any atom is -0.481 e. The second-order valence-corrected chi connectivity index (χ2v) is 9.66. The molecule has 10 heteroatoms. The number of hydrogen-bond donors (Lipinski definition) is 1. The number of hydrogen-bond acceptors (Lipinski definition) is 4. The fourth-order valence-electron chi connectivity index (χ4n) is 3.88. The summed E-state index contributed by atoms with van der Waals surface area (Å²) in [6.45, 7) is 1.13. The molecule has 1 aromatic heterocycles. The van der Waals surface area contributed by atoms with Gasteiger partial charge in [0, 0.05) is 21.3 Å². The van der Waals surface area contributed by atoms with E-state index in [1.54, 1.807) is 36.4 Å². The number of pyridine rings is 1. The number of aromatic nitrogens is 1. The molecular weight excluding hydrogens is 550 g/mol. The Kier molecular flexibility index (Phi) is 6.96. The van der Waals surface area contributed by atoms with Crippen LogP contribution in [0.5, 0.6) is 0 Å². The summed E-state index contributed by atoms with van der Waals surface area (Å²) >= 11 is 15.3. The molecule has 6 nitrogen and oxygen atoms in total. The van der Waals surface area contributed by atoms with E-state index in [0.717, 1.165) is 0 Å². The zero-order valence-electron chi connectivity index (χ0n) is 17.8. The first-order chi connectivity index (χ1) is 16.1. The number of ether oxygens (including phenoxy) is 1. The van der Waals surface area contributed by atoms with Gasteiger partial charge >= 0.3 is 5.97 Å². The quantitative estimate of drug-likeness (QED) is 0.385. The maximum atomic E-state index is 15.6. The molecule has 3 aromatic rings. The molecule has 1 amide bonds. The van der Waals surface area contributed by atoms with Crippen LogP contribution < -0.4 is 0 Å². The first kappa shape index (κ1) is 24.6. The van der Waals surface area contributed by atoms with Crippen LogP contribution in [-0.2, 0) is 21.8 Å². The Morgan fingerprint density at radius 2 is 1.88 bits per heavy atom. The van der Waals surface area contributed by atoms with E-state index in [0.29, 0.717) is 25.8 Å². The van der Waals surface area contributed by atoms with E-state index < -0.39 is 29.3 Å². The lowest BCUT2D eigenvalue weighted by Crippen LogP contribution is -2.48. The van der Waals surface area contributed by atoms with E-state index in [1.165, 1.54) is 30.2 Å². The third-order valence-corrected chi connectivity index (χ3v) is 6.49. The molecule has 1 aliphatic rings. The van der Waals surface area contributed by atoms with Crippen LogP contribution in [0.2, 0.25) is 10.0 Å². The van der Waals surface area contributed by atoms with Crippen molar-refractivity contribution in [2.24, 2.45) is 5.92 Å². The molecule has 0 aliphatic carbocycles. The van der Waals surface area contributed by atoms with Crippen molar-refractivity contribution in [3.05, 3.63) is 97.4 Å². The lowest BCUT2D eigenvalue weighted by Gasteiger charge is -2.40. The standard InChI is InChI=1S/C24H18BrCl2FN2O4/c1-13(23(32)33)12-34-24(14-2-4-16(26)5-3-14)21-19(8-15(25)9-20(21)28)22(31)30(24)11-18-7-6-17(27)10-29-18/h2-10,13H,11-12H2,1H3,(H,32,33). The maximum absolute atomic E-state index is 15.6. The van der Waals surface area contributed by atoms with Gasteiger partial charge in [-0.15, -0.1) is 0 Å². The van der Waals surface area contributed by atoms with Crippen LogP contribution in [0.4, 0.5) is 4.39 Å². The SMILES string of the molecule is CC(COC1(c2ccc(Cl)cc2)c2c(F)cc(Br)cc2C(=O)N1Cc1ccc(Cl)cn1)C(=O)O. The highest BCUT2D eigenvalue weighted by Gasteiger charge is 2.54. The van der Waals surface area contributed by atoms with Crippen LogP contribution >= 0.6 is 39.1 Å². The molecule has 0 bridgehead atoms. The molecule has 34 heavy (non-hydrogen) atoms. The molecule has 0 saturated carbocycles. The van der Waals surface area contributed by atoms with Gasteiger partial charge in [-0.05, 0) is 43.3 Å². The number of nitrogens with zero attached hydrogens (tertiary/aromatic N) is 2. The van der Waals surface area contributed by atoms with Crippen molar-refractivity contribution in [1.82, 2.24) is 9.88 Å². The van der Waals surface area contributed by atoms with Crippen molar-refractivity contribution in [1.29, 1.82) is 0 Å². The van der Waals surface area contributed by atoms with Gasteiger partial charge in [-0.25, -0.2) is 4.39 Å². The lowest BCUT2D eigenvalue weighted by molar-refractivity contribution is -0.153. The molecule has 0 radical (unpaired) electrons. The van der Waals surface area contributed by atoms with Gasteiger partial charge in [0.15, 0.2) is 5.72 Å². The number of benzene rings is 2. The summed E-state index contributed by atoms with van der Waals surface area (Å²) in [5.74, 6) is -3.18. The van der Waals surface area contributed by atoms with E-state index in [2.05, 4.69) is 20.9 Å². The van der Waals surface area contributed by atoms with Gasteiger partial charge in [0.25, 0.3) is 5.91 Å². The number of carboxylic acids is 1. The Bertz CT molecular complexity index is 1260. The normalized spacial score (nSPS) is 18.1. The molecular formula is C24H18BrCl2FN2O4. The average molecular weight is 568 g/mol. The number of rotatable bonds is 7. The number of carboxylic acid groups (broad SMARTS) is 1. The first-order valence-electron chi connectivity index (χ1n) is 10.2. The fourth-order valence-corrected chi connectivity index (χ4v) is 4.55. The first-order valence-corrected chi connectivity index (χ1v) is 11.7. The zero-order valence-corrected chi connectivity index (χ0v) is 20.9. The number of fused-ring (bicyclic) bond motifs is 1. The summed E-state index contributed by atoms with van der Waals surface area (Å²) in [5, 5.41) is 10.3. The lowest BCUT2D eigenvalue weighted by atomic mass is 9.92. The predicted molar refractivity (Wildman–Crippen MR) is 128 cm³/mol. The maximum Gasteiger partial charge on any atom is 0.308 e. The Labute approximate surface area is 213 Å². The van der Waals surface area contributed by atoms with Gasteiger partial charge in [-0.3, -0.25) is 19.5 Å². The molecule has 0 saturated heterocycles. The number of carbonyl (C=O) groups excluding carboxylic acids is 1. The Hall–Kier alpha value is -2.52. The highest BCUT2D eigenvalue weighted by Crippen LogP contribution is 2.48. The zero-order chi connectivity index (χ0) is 24.6. The molecule has 2 aromatic carbocycles. The summed E-state index contributed by atoms with van der Waals surface area (Å²) in [4.78, 5) is 30.8. The highest BCUT2D eigenvalue weighted by atomic mass is 79.9. The second-order valence-electron chi connectivity index (χ2n) is 7.87. The molecule has 1 aliphatic heterocycles. The minimum absolute atomic E-state index is 0.00502. The van der Waals surface area contributed by atoms with Gasteiger partial charge in [0.2, 0.25) is 0 Å². The van der Waals surface area contributed by atoms with Crippen molar-refractivity contribution in [2.75, 3.05) is 6.61 Å². The molecule has 1 N–H and O–H groups in total. The number of carbonyl (C=O) groups is 2. The highest BCUT2D eigenvalue weighted by molar-refractivity contribution is 9.10. The Morgan fingerprint density at radius 1 is 1.21 bits per heavy atom. The van der Waals surface area contributed by atoms with Gasteiger partial charge in [0.05, 0.1) is 40.9 Å². The van der Waals surface area contributed by atoms with Crippen LogP contribution in [-0.4, -0.2) is 33.5 Å². The van der Waals surface area contributed by atoms with Crippen LogP contribution in [0.1, 0.15) is 34.1 Å². The summed E-state index contributed by atoms with van der Waals surface area (Å²) in [6, 6.07) is 12.5. The van der Waals surface area contributed by atoms with Gasteiger partial charge in [-0.1, -0.05) is 51.3 Å². The topological polar surface area (TPSA) is 79.7 Å². The smallest absolute Gasteiger partial charge is 0.308 e. The van der Waals surface area contributed by atoms with E-state index >= 15 is 4.39 Å². The molecule has 2 heterocycles. The molecule has 2 atom stereocenters. The molecule has 0 spiro atoms. The van der Waals surface area contributed by atoms with Crippen LogP contribution in [0, 0.1) is 11.7 Å². The molecule has 4 rings (SSSR count). The minimum atomic E-state index is -1.76. The summed E-state index contributed by atoms with van der Waals surface area (Å²) in [6.07, 6.45) is 1.44. The van der Waals surface area contributed by atoms with Crippen LogP contribution in [0.25, 0.3) is 0 Å². The van der Waals surface area contributed by atoms with Crippen molar-refractivity contribution in [3.63, 3.8) is 0 Å². The molecule has 176 valence electrons. The van der Waals surface area contributed by atoms with E-state index in [-0.39, 0.29) is 24.3 Å². The predicted octanol–water partition coefficient (Wildman–Crippen LogP) is 5.88. The van der Waals surface area contributed by atoms with E-state index in [9.17, 15) is 14.7 Å². The summed E-state index contributed by atoms with van der Waals surface area (Å²) < 4.78 is 22.2. The van der Waals surface area contributed by atoms with Crippen molar-refractivity contribution in [2.45, 2.75) is 19.2 Å². The van der Waals surface area contributed by atoms with Crippen molar-refractivity contribution < 1.29 is 23.8 Å². The van der Waals surface area contributed by atoms with E-state index in [4.69, 9.17) is 27.9 Å². The van der Waals surface area contributed by atoms with Crippen LogP contribution in [0.3, 0.4) is 0 Å². The fraction of sp³-hybridized carbons (Fsp3) is 0.208. The molecule has 0 fully saturated rings. The van der Waals surface area contributed by atoms with Gasteiger partial charge < -0.3 is 9.84 Å². The third-order valence-electron chi connectivity index (χ3n) is 5.56. The molecule has 2 unspecified atom stereocenters. The largest absolute Gasteiger partial charge is 0.481 e. The van der Waals surface area contributed by atoms with Crippen molar-refractivity contribution >= 4 is 51.0 Å². The van der Waals surface area contributed by atoms with Gasteiger partial charge in [0.1, 0.15) is 5.82 Å².